The molecular formula is C71H137Cl2CuI2O6Zn. The molecular weight excluding hydrogens is 1400 g/mol. The van der Waals surface area contributed by atoms with Gasteiger partial charge in [-0.1, -0.05) is 136 Å². The predicted molar refractivity (Wildman–Crippen MR) is 381 cm³/mol. The SMILES string of the molecule is C=C(COC)C(C)CCC=C(C)C.C=CC(C)CCCC(C)(C)O.CC(CCCC(C)(C)O)C1CC1.CC/C(C)=C/CCC(C)(O)CC.CCC(C)(O)CCC1CC1(C)CC.COCC1CC1C(C)CCC=C(C)C.ClCCl.I[CH-]I.[Cu+].[Zn]. The van der Waals surface area contributed by atoms with Gasteiger partial charge in [0.25, 0.3) is 0 Å². The third kappa shape index (κ3) is 69.4. The number of rotatable bonds is 32. The van der Waals surface area contributed by atoms with E-state index in [0.717, 1.165) is 113 Å². The normalized spacial score (nSPS) is 20.3. The fourth-order valence-electron chi connectivity index (χ4n) is 9.11. The van der Waals surface area contributed by atoms with Crippen LogP contribution in [0.1, 0.15) is 280 Å². The second-order valence-electron chi connectivity index (χ2n) is 27.0. The van der Waals surface area contributed by atoms with Gasteiger partial charge >= 0.3 is 17.1 Å². The molecule has 0 aromatic carbocycles. The number of hydrogen-bond donors (Lipinski definition) is 4. The van der Waals surface area contributed by atoms with Crippen molar-refractivity contribution in [3.63, 3.8) is 0 Å². The molecule has 3 saturated carbocycles. The van der Waals surface area contributed by atoms with Crippen LogP contribution in [0.15, 0.2) is 59.8 Å². The summed E-state index contributed by atoms with van der Waals surface area (Å²) in [6, 6.07) is 0. The Balaban J connectivity index is -0.000000163. The van der Waals surface area contributed by atoms with Crippen LogP contribution in [-0.4, -0.2) is 75.6 Å². The van der Waals surface area contributed by atoms with E-state index in [2.05, 4.69) is 167 Å². The van der Waals surface area contributed by atoms with E-state index in [9.17, 15) is 20.4 Å². The van der Waals surface area contributed by atoms with Gasteiger partial charge in [0.15, 0.2) is 0 Å². The molecule has 4 N–H and O–H groups in total. The van der Waals surface area contributed by atoms with Crippen LogP contribution in [0.3, 0.4) is 0 Å². The maximum Gasteiger partial charge on any atom is 1.00 e. The first-order valence-electron chi connectivity index (χ1n) is 31.7. The van der Waals surface area contributed by atoms with Crippen LogP contribution in [-0.2, 0) is 46.0 Å². The Morgan fingerprint density at radius 3 is 1.54 bits per heavy atom. The van der Waals surface area contributed by atoms with E-state index >= 15 is 0 Å². The third-order valence-corrected chi connectivity index (χ3v) is 16.8. The second kappa shape index (κ2) is 57.5. The van der Waals surface area contributed by atoms with Crippen LogP contribution in [0, 0.1) is 55.2 Å². The summed E-state index contributed by atoms with van der Waals surface area (Å²) in [5.74, 6) is 6.63. The Hall–Kier alpha value is 1.64. The fraction of sp³-hybridized carbons (Fsp3) is 0.845. The largest absolute Gasteiger partial charge is 1.00 e. The number of allylic oxidation sites excluding steroid dienone is 7. The molecule has 0 radical (unpaired) electrons. The van der Waals surface area contributed by atoms with E-state index in [1.807, 2.05) is 64.1 Å². The predicted octanol–water partition coefficient (Wildman–Crippen LogP) is 23.0. The molecule has 6 nitrogen and oxygen atoms in total. The van der Waals surface area contributed by atoms with Gasteiger partial charge in [-0.2, -0.15) is 0 Å². The van der Waals surface area contributed by atoms with Crippen molar-refractivity contribution in [2.24, 2.45) is 52.8 Å². The third-order valence-electron chi connectivity index (χ3n) is 16.8. The Labute approximate surface area is 579 Å². The van der Waals surface area contributed by atoms with E-state index in [4.69, 9.17) is 32.7 Å². The van der Waals surface area contributed by atoms with Gasteiger partial charge in [-0.15, -0.1) is 29.8 Å². The van der Waals surface area contributed by atoms with Crippen LogP contribution in [0.25, 0.3) is 0 Å². The monoisotopic (exact) mass is 1540 g/mol. The van der Waals surface area contributed by atoms with Gasteiger partial charge in [-0.3, -0.25) is 0 Å². The van der Waals surface area contributed by atoms with Gasteiger partial charge in [0.05, 0.1) is 34.4 Å². The summed E-state index contributed by atoms with van der Waals surface area (Å²) < 4.78 is 12.2. The van der Waals surface area contributed by atoms with E-state index in [0.29, 0.717) is 23.9 Å². The number of halogens is 4. The molecule has 0 bridgehead atoms. The summed E-state index contributed by atoms with van der Waals surface area (Å²) in [6.45, 7) is 51.5. The van der Waals surface area contributed by atoms with Crippen molar-refractivity contribution in [1.82, 2.24) is 0 Å². The maximum atomic E-state index is 9.84. The summed E-state index contributed by atoms with van der Waals surface area (Å²) >= 11 is 13.8. The van der Waals surface area contributed by atoms with Crippen molar-refractivity contribution in [1.29, 1.82) is 0 Å². The number of ether oxygens (including phenoxy) is 2. The molecule has 0 aromatic rings. The number of methoxy groups -OCH3 is 2. The molecule has 3 aliphatic rings. The van der Waals surface area contributed by atoms with Crippen LogP contribution < -0.4 is 0 Å². The topological polar surface area (TPSA) is 99.4 Å². The maximum absolute atomic E-state index is 9.84. The number of aliphatic hydroxyl groups is 4. The van der Waals surface area contributed by atoms with E-state index in [-0.39, 0.29) is 41.9 Å². The molecule has 3 fully saturated rings. The molecule has 83 heavy (non-hydrogen) atoms. The Morgan fingerprint density at radius 2 is 1.17 bits per heavy atom. The van der Waals surface area contributed by atoms with Crippen LogP contribution in [0.4, 0.5) is 0 Å². The van der Waals surface area contributed by atoms with Crippen LogP contribution in [0.2, 0.25) is 0 Å². The van der Waals surface area contributed by atoms with Crippen molar-refractivity contribution in [3.8, 4) is 0 Å². The molecule has 0 aromatic heterocycles. The minimum Gasteiger partial charge on any atom is -0.390 e. The average molecular weight is 1540 g/mol. The molecule has 3 aliphatic carbocycles. The molecule has 12 heteroatoms. The molecule has 10 unspecified atom stereocenters. The summed E-state index contributed by atoms with van der Waals surface area (Å²) in [7, 11) is 3.53. The standard InChI is InChI=1S/C13H24O.C12H24O.C12H22O.2C11H22O.C10H20O.CH2Cl2.CHI2.Cu.Zn/c1-10(2)6-5-7-11(3)13-8-12(13)9-14-4;1-5-11(3)9-10(11)7-8-12(4,13)6-2;1-10(2)7-6-8-11(3)12(4)9-13-5;1-9(10-6-7-10)5-4-8-11(2,3)12;1-5-10(3)8-7-9-11(4,12)6-2;1-5-9(2)7-6-8-10(3,4)11;2*2-1-3;;/h6,11-13H,5,7-9H2,1-4H3;10,13H,5-9H2,1-4H3;7,11H,4,6,8-9H2,1-3,5H3;9-10,12H,4-8H2,1-3H3;8,12H,5-7,9H2,1-4H3;5,9,11H,1,6-8H2,2-4H3;1H2;1H;;/q;;;;;;;-1;+1;/b;;;;10-8+;;;;;. The molecule has 0 amide bonds. The van der Waals surface area contributed by atoms with Gasteiger partial charge in [0.1, 0.15) is 0 Å². The molecule has 10 atom stereocenters. The molecule has 498 valence electrons. The Bertz CT molecular complexity index is 1580. The van der Waals surface area contributed by atoms with E-state index in [1.54, 1.807) is 7.11 Å². The summed E-state index contributed by atoms with van der Waals surface area (Å²) in [5.41, 5.74) is 4.23. The Morgan fingerprint density at radius 1 is 0.711 bits per heavy atom. The molecule has 0 saturated heterocycles. The zero-order valence-corrected chi connectivity index (χ0v) is 68.0. The van der Waals surface area contributed by atoms with Gasteiger partial charge < -0.3 is 75.1 Å². The van der Waals surface area contributed by atoms with Crippen LogP contribution in [0.5, 0.6) is 0 Å². The quantitative estimate of drug-likeness (QED) is 0.0176. The smallest absolute Gasteiger partial charge is 0.390 e. The van der Waals surface area contributed by atoms with Gasteiger partial charge in [-0.25, -0.2) is 2.43 Å². The summed E-state index contributed by atoms with van der Waals surface area (Å²) in [4.78, 5) is 0. The Kier molecular flexibility index (Phi) is 68.1. The minimum absolute atomic E-state index is 0. The van der Waals surface area contributed by atoms with Gasteiger partial charge in [-0.05, 0) is 250 Å². The van der Waals surface area contributed by atoms with E-state index in [1.165, 1.54) is 92.9 Å². The molecule has 0 aliphatic heterocycles. The number of hydrogen-bond acceptors (Lipinski definition) is 6. The van der Waals surface area contributed by atoms with Gasteiger partial charge in [0, 0.05) is 40.3 Å². The molecule has 3 rings (SSSR count). The first kappa shape index (κ1) is 98.2. The minimum atomic E-state index is -0.499. The second-order valence-corrected chi connectivity index (χ2v) is 31.5. The zero-order valence-electron chi connectivity index (χ0n) is 58.2. The van der Waals surface area contributed by atoms with Crippen LogP contribution >= 0.6 is 68.4 Å². The van der Waals surface area contributed by atoms with E-state index < -0.39 is 22.4 Å². The van der Waals surface area contributed by atoms with Crippen molar-refractivity contribution in [2.45, 2.75) is 302 Å². The summed E-state index contributed by atoms with van der Waals surface area (Å²) in [6.07, 6.45) is 34.1. The summed E-state index contributed by atoms with van der Waals surface area (Å²) in [5, 5.41) is 38.6. The van der Waals surface area contributed by atoms with Crippen molar-refractivity contribution >= 4 is 68.4 Å². The van der Waals surface area contributed by atoms with Crippen molar-refractivity contribution < 1.29 is 66.4 Å². The average Bonchev–Trinajstić information content (AvgIpc) is 4.29. The zero-order chi connectivity index (χ0) is 64.1. The van der Waals surface area contributed by atoms with Crippen molar-refractivity contribution in [3.05, 3.63) is 62.2 Å². The van der Waals surface area contributed by atoms with Crippen molar-refractivity contribution in [2.75, 3.05) is 32.8 Å². The first-order valence-corrected chi connectivity index (χ1v) is 35.2. The molecule has 0 heterocycles. The number of alkyl halides is 2. The van der Waals surface area contributed by atoms with Gasteiger partial charge in [0.2, 0.25) is 0 Å². The fourth-order valence-corrected chi connectivity index (χ4v) is 9.11. The molecule has 0 spiro atoms. The first-order chi connectivity index (χ1) is 37.4.